The minimum absolute atomic E-state index is 0.578. The van der Waals surface area contributed by atoms with E-state index < -0.39 is 0 Å². The van der Waals surface area contributed by atoms with E-state index in [9.17, 15) is 0 Å². The summed E-state index contributed by atoms with van der Waals surface area (Å²) in [5.74, 6) is 1.83. The zero-order chi connectivity index (χ0) is 10.4. The second-order valence-electron chi connectivity index (χ2n) is 3.43. The summed E-state index contributed by atoms with van der Waals surface area (Å²) >= 11 is 0. The Labute approximate surface area is 84.7 Å². The van der Waals surface area contributed by atoms with Gasteiger partial charge in [-0.05, 0) is 12.8 Å². The van der Waals surface area contributed by atoms with Gasteiger partial charge in [-0.2, -0.15) is 4.98 Å². The first-order valence-electron chi connectivity index (χ1n) is 4.92. The summed E-state index contributed by atoms with van der Waals surface area (Å²) in [5.41, 5.74) is 0. The van der Waals surface area contributed by atoms with Crippen molar-refractivity contribution in [1.82, 2.24) is 9.97 Å². The summed E-state index contributed by atoms with van der Waals surface area (Å²) in [6.07, 6.45) is 1.70. The molecule has 0 aromatic carbocycles. The topological polar surface area (TPSA) is 47.0 Å². The third-order valence-electron chi connectivity index (χ3n) is 1.59. The fourth-order valence-corrected chi connectivity index (χ4v) is 0.951. The van der Waals surface area contributed by atoms with E-state index in [4.69, 9.17) is 4.74 Å². The standard InChI is InChI=1S/C10H17N3O/c1-4-14-9-5-6-11-10(13-9)12-7-8(2)3/h5-6,8H,4,7H2,1-3H3,(H,11,12,13). The average Bonchev–Trinajstić information content (AvgIpc) is 2.16. The van der Waals surface area contributed by atoms with Crippen molar-refractivity contribution in [3.05, 3.63) is 12.3 Å². The van der Waals surface area contributed by atoms with E-state index in [-0.39, 0.29) is 0 Å². The Morgan fingerprint density at radius 1 is 1.50 bits per heavy atom. The number of ether oxygens (including phenoxy) is 1. The molecule has 78 valence electrons. The number of hydrogen-bond donors (Lipinski definition) is 1. The highest BCUT2D eigenvalue weighted by molar-refractivity contribution is 5.27. The highest BCUT2D eigenvalue weighted by Gasteiger charge is 1.99. The van der Waals surface area contributed by atoms with Crippen LogP contribution in [0.15, 0.2) is 12.3 Å². The van der Waals surface area contributed by atoms with E-state index in [2.05, 4.69) is 29.1 Å². The van der Waals surface area contributed by atoms with Gasteiger partial charge in [0.25, 0.3) is 0 Å². The second-order valence-corrected chi connectivity index (χ2v) is 3.43. The van der Waals surface area contributed by atoms with E-state index in [1.54, 1.807) is 12.3 Å². The maximum absolute atomic E-state index is 5.26. The lowest BCUT2D eigenvalue weighted by Gasteiger charge is -2.08. The Kier molecular flexibility index (Phi) is 4.16. The summed E-state index contributed by atoms with van der Waals surface area (Å²) in [6.45, 7) is 7.71. The van der Waals surface area contributed by atoms with Crippen molar-refractivity contribution in [3.63, 3.8) is 0 Å². The molecular weight excluding hydrogens is 178 g/mol. The number of nitrogens with zero attached hydrogens (tertiary/aromatic N) is 2. The van der Waals surface area contributed by atoms with Gasteiger partial charge >= 0.3 is 0 Å². The fraction of sp³-hybridized carbons (Fsp3) is 0.600. The molecule has 0 saturated heterocycles. The largest absolute Gasteiger partial charge is 0.478 e. The van der Waals surface area contributed by atoms with Gasteiger partial charge in [0.05, 0.1) is 6.61 Å². The van der Waals surface area contributed by atoms with Crippen LogP contribution in [0.2, 0.25) is 0 Å². The van der Waals surface area contributed by atoms with Crippen LogP contribution in [0.4, 0.5) is 5.95 Å². The molecule has 1 aromatic heterocycles. The van der Waals surface area contributed by atoms with Crippen LogP contribution >= 0.6 is 0 Å². The molecule has 14 heavy (non-hydrogen) atoms. The van der Waals surface area contributed by atoms with Crippen molar-refractivity contribution in [1.29, 1.82) is 0 Å². The molecule has 0 radical (unpaired) electrons. The van der Waals surface area contributed by atoms with Crippen molar-refractivity contribution >= 4 is 5.95 Å². The molecular formula is C10H17N3O. The van der Waals surface area contributed by atoms with Gasteiger partial charge in [0.2, 0.25) is 11.8 Å². The van der Waals surface area contributed by atoms with Gasteiger partial charge < -0.3 is 10.1 Å². The van der Waals surface area contributed by atoms with E-state index in [0.717, 1.165) is 6.54 Å². The van der Waals surface area contributed by atoms with E-state index in [1.165, 1.54) is 0 Å². The number of rotatable bonds is 5. The number of anilines is 1. The van der Waals surface area contributed by atoms with Crippen molar-refractivity contribution in [2.24, 2.45) is 5.92 Å². The first-order valence-corrected chi connectivity index (χ1v) is 4.92. The minimum atomic E-state index is 0.578. The van der Waals surface area contributed by atoms with Gasteiger partial charge in [-0.3, -0.25) is 0 Å². The molecule has 0 aliphatic heterocycles. The molecule has 1 rings (SSSR count). The third kappa shape index (κ3) is 3.60. The molecule has 0 bridgehead atoms. The smallest absolute Gasteiger partial charge is 0.225 e. The van der Waals surface area contributed by atoms with E-state index in [0.29, 0.717) is 24.4 Å². The van der Waals surface area contributed by atoms with Gasteiger partial charge in [-0.1, -0.05) is 13.8 Å². The molecule has 0 aliphatic carbocycles. The van der Waals surface area contributed by atoms with E-state index >= 15 is 0 Å². The van der Waals surface area contributed by atoms with Crippen LogP contribution in [0.25, 0.3) is 0 Å². The van der Waals surface area contributed by atoms with Crippen LogP contribution < -0.4 is 10.1 Å². The highest BCUT2D eigenvalue weighted by atomic mass is 16.5. The molecule has 4 nitrogen and oxygen atoms in total. The molecule has 0 unspecified atom stereocenters. The molecule has 1 N–H and O–H groups in total. The second kappa shape index (κ2) is 5.42. The van der Waals surface area contributed by atoms with Crippen LogP contribution in [-0.4, -0.2) is 23.1 Å². The fourth-order valence-electron chi connectivity index (χ4n) is 0.951. The highest BCUT2D eigenvalue weighted by Crippen LogP contribution is 2.08. The van der Waals surface area contributed by atoms with E-state index in [1.807, 2.05) is 6.92 Å². The van der Waals surface area contributed by atoms with Crippen LogP contribution in [-0.2, 0) is 0 Å². The van der Waals surface area contributed by atoms with Crippen molar-refractivity contribution in [2.75, 3.05) is 18.5 Å². The quantitative estimate of drug-likeness (QED) is 0.780. The summed E-state index contributed by atoms with van der Waals surface area (Å²) in [4.78, 5) is 8.28. The maximum atomic E-state index is 5.26. The monoisotopic (exact) mass is 195 g/mol. The third-order valence-corrected chi connectivity index (χ3v) is 1.59. The number of aromatic nitrogens is 2. The summed E-state index contributed by atoms with van der Waals surface area (Å²) in [7, 11) is 0. The van der Waals surface area contributed by atoms with Gasteiger partial charge in [-0.15, -0.1) is 0 Å². The SMILES string of the molecule is CCOc1ccnc(NCC(C)C)n1. The normalized spacial score (nSPS) is 10.3. The van der Waals surface area contributed by atoms with Crippen LogP contribution in [0.3, 0.4) is 0 Å². The molecule has 1 aromatic rings. The zero-order valence-electron chi connectivity index (χ0n) is 8.95. The van der Waals surface area contributed by atoms with Crippen LogP contribution in [0.1, 0.15) is 20.8 Å². The van der Waals surface area contributed by atoms with Crippen molar-refractivity contribution in [3.8, 4) is 5.88 Å². The summed E-state index contributed by atoms with van der Waals surface area (Å²) in [5, 5.41) is 3.14. The van der Waals surface area contributed by atoms with Crippen molar-refractivity contribution in [2.45, 2.75) is 20.8 Å². The Bertz CT molecular complexity index is 276. The number of nitrogens with one attached hydrogen (secondary N) is 1. The Morgan fingerprint density at radius 3 is 2.93 bits per heavy atom. The van der Waals surface area contributed by atoms with Crippen LogP contribution in [0.5, 0.6) is 5.88 Å². The predicted molar refractivity (Wildman–Crippen MR) is 56.5 cm³/mol. The van der Waals surface area contributed by atoms with Crippen LogP contribution in [0, 0.1) is 5.92 Å². The lowest BCUT2D eigenvalue weighted by molar-refractivity contribution is 0.326. The van der Waals surface area contributed by atoms with Gasteiger partial charge in [0.1, 0.15) is 0 Å². The maximum Gasteiger partial charge on any atom is 0.225 e. The van der Waals surface area contributed by atoms with Gasteiger partial charge in [0.15, 0.2) is 0 Å². The molecule has 0 atom stereocenters. The zero-order valence-corrected chi connectivity index (χ0v) is 8.95. The van der Waals surface area contributed by atoms with Crippen molar-refractivity contribution < 1.29 is 4.74 Å². The van der Waals surface area contributed by atoms with Gasteiger partial charge in [0, 0.05) is 18.8 Å². The average molecular weight is 195 g/mol. The molecule has 0 spiro atoms. The van der Waals surface area contributed by atoms with Gasteiger partial charge in [-0.25, -0.2) is 4.98 Å². The molecule has 1 heterocycles. The molecule has 0 amide bonds. The Hall–Kier alpha value is -1.32. The summed E-state index contributed by atoms with van der Waals surface area (Å²) in [6, 6.07) is 1.75. The molecule has 0 fully saturated rings. The lowest BCUT2D eigenvalue weighted by Crippen LogP contribution is -2.10. The number of hydrogen-bond acceptors (Lipinski definition) is 4. The molecule has 4 heteroatoms. The Balaban J connectivity index is 2.54. The minimum Gasteiger partial charge on any atom is -0.478 e. The first kappa shape index (κ1) is 10.8. The Morgan fingerprint density at radius 2 is 2.29 bits per heavy atom. The first-order chi connectivity index (χ1) is 6.72. The predicted octanol–water partition coefficient (Wildman–Crippen LogP) is 1.94. The molecule has 0 aliphatic rings. The molecule has 0 saturated carbocycles. The lowest BCUT2D eigenvalue weighted by atomic mass is 10.2. The summed E-state index contributed by atoms with van der Waals surface area (Å²) < 4.78 is 5.26.